The van der Waals surface area contributed by atoms with Crippen LogP contribution in [0.1, 0.15) is 24.8 Å². The highest BCUT2D eigenvalue weighted by molar-refractivity contribution is 7.13. The molecule has 0 aliphatic carbocycles. The van der Waals surface area contributed by atoms with Crippen molar-refractivity contribution in [2.75, 3.05) is 25.1 Å². The quantitative estimate of drug-likeness (QED) is 0.727. The summed E-state index contributed by atoms with van der Waals surface area (Å²) >= 11 is 7.41. The summed E-state index contributed by atoms with van der Waals surface area (Å²) in [6.45, 7) is 1.90. The number of amides is 1. The van der Waals surface area contributed by atoms with Gasteiger partial charge in [-0.2, -0.15) is 0 Å². The van der Waals surface area contributed by atoms with Crippen molar-refractivity contribution >= 4 is 34.0 Å². The first-order valence-corrected chi connectivity index (χ1v) is 11.4. The number of β-amino-alcohol motifs (C(OH)–C–C–N with tert-alkyl or cyclic N) is 1. The van der Waals surface area contributed by atoms with Crippen LogP contribution in [0.15, 0.2) is 35.8 Å². The second kappa shape index (κ2) is 10.2. The molecule has 2 aliphatic rings. The lowest BCUT2D eigenvalue weighted by atomic mass is 9.94. The third-order valence-electron chi connectivity index (χ3n) is 5.48. The third-order valence-corrected chi connectivity index (χ3v) is 6.42. The van der Waals surface area contributed by atoms with E-state index in [0.29, 0.717) is 36.3 Å². The minimum Gasteiger partial charge on any atom is -0.389 e. The van der Waals surface area contributed by atoms with Gasteiger partial charge in [0.2, 0.25) is 5.91 Å². The van der Waals surface area contributed by atoms with E-state index in [1.807, 2.05) is 29.6 Å². The molecule has 7 nitrogen and oxygen atoms in total. The highest BCUT2D eigenvalue weighted by Crippen LogP contribution is 2.29. The summed E-state index contributed by atoms with van der Waals surface area (Å²) in [5, 5.41) is 16.3. The first-order valence-electron chi connectivity index (χ1n) is 10.2. The van der Waals surface area contributed by atoms with Crippen molar-refractivity contribution in [1.29, 1.82) is 0 Å². The molecule has 30 heavy (non-hydrogen) atoms. The molecule has 2 fully saturated rings. The lowest BCUT2D eigenvalue weighted by molar-refractivity contribution is -0.156. The minimum atomic E-state index is -0.542. The largest absolute Gasteiger partial charge is 0.389 e. The van der Waals surface area contributed by atoms with E-state index in [-0.39, 0.29) is 30.8 Å². The van der Waals surface area contributed by atoms with E-state index >= 15 is 0 Å². The molecule has 0 saturated carbocycles. The number of nitrogens with one attached hydrogen (secondary N) is 1. The average molecular weight is 452 g/mol. The van der Waals surface area contributed by atoms with Crippen molar-refractivity contribution in [3.8, 4) is 0 Å². The Morgan fingerprint density at radius 2 is 2.13 bits per heavy atom. The Morgan fingerprint density at radius 1 is 1.30 bits per heavy atom. The zero-order valence-corrected chi connectivity index (χ0v) is 18.1. The number of thiazole rings is 1. The van der Waals surface area contributed by atoms with E-state index in [2.05, 4.69) is 15.2 Å². The minimum absolute atomic E-state index is 0.0893. The number of hydrogen-bond donors (Lipinski definition) is 2. The Balaban J connectivity index is 1.39. The fraction of sp³-hybridized carbons (Fsp3) is 0.524. The van der Waals surface area contributed by atoms with Crippen LogP contribution >= 0.6 is 22.9 Å². The van der Waals surface area contributed by atoms with Crippen molar-refractivity contribution < 1.29 is 19.4 Å². The molecule has 0 radical (unpaired) electrons. The van der Waals surface area contributed by atoms with Crippen LogP contribution in [-0.2, 0) is 20.8 Å². The van der Waals surface area contributed by atoms with Gasteiger partial charge in [0, 0.05) is 35.7 Å². The highest BCUT2D eigenvalue weighted by Gasteiger charge is 2.38. The topological polar surface area (TPSA) is 83.9 Å². The van der Waals surface area contributed by atoms with Crippen LogP contribution in [0.4, 0.5) is 5.13 Å². The molecule has 9 heteroatoms. The summed E-state index contributed by atoms with van der Waals surface area (Å²) in [6.07, 6.45) is 2.77. The summed E-state index contributed by atoms with van der Waals surface area (Å²) in [5.41, 5.74) is 1.14. The summed E-state index contributed by atoms with van der Waals surface area (Å²) in [6, 6.07) is 7.90. The first kappa shape index (κ1) is 21.7. The molecule has 0 unspecified atom stereocenters. The fourth-order valence-electron chi connectivity index (χ4n) is 4.11. The number of anilines is 1. The Labute approximate surface area is 185 Å². The Morgan fingerprint density at radius 3 is 2.90 bits per heavy atom. The number of aliphatic hydroxyl groups is 1. The average Bonchev–Trinajstić information content (AvgIpc) is 3.21. The number of hydrogen-bond acceptors (Lipinski definition) is 7. The van der Waals surface area contributed by atoms with Crippen LogP contribution in [0, 0.1) is 0 Å². The number of halogens is 1. The molecule has 2 saturated heterocycles. The van der Waals surface area contributed by atoms with Crippen LogP contribution in [0.25, 0.3) is 0 Å². The van der Waals surface area contributed by atoms with Crippen molar-refractivity contribution in [3.05, 3.63) is 46.4 Å². The molecule has 4 atom stereocenters. The smallest absolute Gasteiger partial charge is 0.228 e. The maximum Gasteiger partial charge on any atom is 0.228 e. The molecule has 1 aromatic heterocycles. The number of nitrogens with zero attached hydrogens (tertiary/aromatic N) is 2. The summed E-state index contributed by atoms with van der Waals surface area (Å²) in [4.78, 5) is 18.7. The number of carbonyl (C=O) groups excluding carboxylic acids is 1. The molecular weight excluding hydrogens is 426 g/mol. The lowest BCUT2D eigenvalue weighted by Gasteiger charge is -2.44. The van der Waals surface area contributed by atoms with Crippen LogP contribution in [0.5, 0.6) is 0 Å². The predicted octanol–water partition coefficient (Wildman–Crippen LogP) is 2.93. The lowest BCUT2D eigenvalue weighted by Crippen LogP contribution is -2.55. The van der Waals surface area contributed by atoms with E-state index < -0.39 is 6.10 Å². The molecule has 3 heterocycles. The molecule has 162 valence electrons. The Kier molecular flexibility index (Phi) is 7.35. The number of carbonyl (C=O) groups is 1. The van der Waals surface area contributed by atoms with Crippen molar-refractivity contribution in [3.63, 3.8) is 0 Å². The van der Waals surface area contributed by atoms with Gasteiger partial charge in [0.1, 0.15) is 0 Å². The van der Waals surface area contributed by atoms with Gasteiger partial charge in [-0.3, -0.25) is 9.69 Å². The standard InChI is InChI=1S/C21H26ClN3O4S/c22-15-3-1-14(2-4-15)10-25-11-16(26)12-28-13-19-18(25)6-5-17(29-19)9-20(27)24-21-23-7-8-30-21/h1-4,7-8,16-19,26H,5-6,9-13H2,(H,23,24,27)/t16-,17+,18+,19-/m0/s1. The molecule has 2 aromatic rings. The Bertz CT molecular complexity index is 820. The van der Waals surface area contributed by atoms with E-state index in [9.17, 15) is 9.90 Å². The number of fused-ring (bicyclic) bond motifs is 1. The van der Waals surface area contributed by atoms with Gasteiger partial charge in [-0.25, -0.2) is 4.98 Å². The monoisotopic (exact) mass is 451 g/mol. The van der Waals surface area contributed by atoms with Gasteiger partial charge in [-0.1, -0.05) is 23.7 Å². The van der Waals surface area contributed by atoms with E-state index in [1.165, 1.54) is 11.3 Å². The van der Waals surface area contributed by atoms with Crippen molar-refractivity contribution in [1.82, 2.24) is 9.88 Å². The molecule has 1 aromatic carbocycles. The van der Waals surface area contributed by atoms with Gasteiger partial charge in [-0.05, 0) is 30.5 Å². The fourth-order valence-corrected chi connectivity index (χ4v) is 4.79. The number of rotatable bonds is 5. The molecule has 4 rings (SSSR count). The first-order chi connectivity index (χ1) is 14.6. The van der Waals surface area contributed by atoms with Gasteiger partial charge in [-0.15, -0.1) is 11.3 Å². The number of aromatic nitrogens is 1. The predicted molar refractivity (Wildman–Crippen MR) is 116 cm³/mol. The van der Waals surface area contributed by atoms with Gasteiger partial charge in [0.25, 0.3) is 0 Å². The van der Waals surface area contributed by atoms with Crippen molar-refractivity contribution in [2.24, 2.45) is 0 Å². The third kappa shape index (κ3) is 5.78. The number of ether oxygens (including phenoxy) is 2. The maximum absolute atomic E-state index is 12.3. The molecule has 2 aliphatic heterocycles. The van der Waals surface area contributed by atoms with Gasteiger partial charge < -0.3 is 19.9 Å². The number of benzene rings is 1. The number of aliphatic hydroxyl groups excluding tert-OH is 1. The maximum atomic E-state index is 12.3. The van der Waals surface area contributed by atoms with Crippen LogP contribution in [0.2, 0.25) is 5.02 Å². The summed E-state index contributed by atoms with van der Waals surface area (Å²) < 4.78 is 12.0. The summed E-state index contributed by atoms with van der Waals surface area (Å²) in [5.74, 6) is -0.0893. The van der Waals surface area contributed by atoms with Gasteiger partial charge in [0.05, 0.1) is 37.9 Å². The molecule has 1 amide bonds. The molecular formula is C21H26ClN3O4S. The second-order valence-corrected chi connectivity index (χ2v) is 9.11. The van der Waals surface area contributed by atoms with E-state index in [1.54, 1.807) is 6.20 Å². The zero-order chi connectivity index (χ0) is 20.9. The zero-order valence-electron chi connectivity index (χ0n) is 16.6. The van der Waals surface area contributed by atoms with E-state index in [0.717, 1.165) is 18.4 Å². The SMILES string of the molecule is O=C(C[C@H]1CC[C@@H]2[C@H](COC[C@@H](O)CN2Cc2ccc(Cl)cc2)O1)Nc1nccs1. The highest BCUT2D eigenvalue weighted by atomic mass is 35.5. The molecule has 2 N–H and O–H groups in total. The Hall–Kier alpha value is -1.55. The molecule has 0 bridgehead atoms. The van der Waals surface area contributed by atoms with Crippen LogP contribution in [-0.4, -0.2) is 65.0 Å². The van der Waals surface area contributed by atoms with Gasteiger partial charge >= 0.3 is 0 Å². The van der Waals surface area contributed by atoms with E-state index in [4.69, 9.17) is 21.1 Å². The summed E-state index contributed by atoms with van der Waals surface area (Å²) in [7, 11) is 0. The van der Waals surface area contributed by atoms with Crippen LogP contribution < -0.4 is 5.32 Å². The normalized spacial score (nSPS) is 27.7. The second-order valence-electron chi connectivity index (χ2n) is 7.78. The van der Waals surface area contributed by atoms with Crippen molar-refractivity contribution in [2.45, 2.75) is 50.2 Å². The van der Waals surface area contributed by atoms with Gasteiger partial charge in [0.15, 0.2) is 5.13 Å². The van der Waals surface area contributed by atoms with Crippen LogP contribution in [0.3, 0.4) is 0 Å². The molecule has 0 spiro atoms.